The van der Waals surface area contributed by atoms with Gasteiger partial charge in [0.15, 0.2) is 27.2 Å². The standard InChI is InChI=1S/C19H24N6O5S/c1-3-30-16(26)12-24-8-10-25(11-9-24)19-17(23-27)18(20-13-21-19)22-14-4-6-15(7-5-14)31(2,28)29/h4-7,13H,3,8-12H2,1-2H3,(H,20,21,22). The molecule has 1 aromatic heterocycles. The Labute approximate surface area is 180 Å². The topological polar surface area (TPSA) is 134 Å². The molecule has 2 heterocycles. The summed E-state index contributed by atoms with van der Waals surface area (Å²) in [5.74, 6) is 0.360. The third-order valence-electron chi connectivity index (χ3n) is 4.77. The maximum absolute atomic E-state index is 11.7. The minimum atomic E-state index is -3.30. The van der Waals surface area contributed by atoms with E-state index in [0.717, 1.165) is 6.26 Å². The van der Waals surface area contributed by atoms with Gasteiger partial charge in [0.25, 0.3) is 0 Å². The van der Waals surface area contributed by atoms with E-state index in [4.69, 9.17) is 4.74 Å². The number of carbonyl (C=O) groups excluding carboxylic acids is 1. The highest BCUT2D eigenvalue weighted by Crippen LogP contribution is 2.34. The quantitative estimate of drug-likeness (QED) is 0.470. The molecular formula is C19H24N6O5S. The summed E-state index contributed by atoms with van der Waals surface area (Å²) < 4.78 is 28.2. The van der Waals surface area contributed by atoms with Gasteiger partial charge in [-0.05, 0) is 36.4 Å². The first-order chi connectivity index (χ1) is 14.8. The lowest BCUT2D eigenvalue weighted by atomic mass is 10.2. The molecule has 0 amide bonds. The average molecular weight is 449 g/mol. The van der Waals surface area contributed by atoms with E-state index in [1.54, 1.807) is 19.1 Å². The van der Waals surface area contributed by atoms with Crippen LogP contribution in [0.3, 0.4) is 0 Å². The molecule has 12 heteroatoms. The fraction of sp³-hybridized carbons (Fsp3) is 0.421. The minimum Gasteiger partial charge on any atom is -0.465 e. The van der Waals surface area contributed by atoms with Crippen LogP contribution < -0.4 is 10.2 Å². The molecule has 31 heavy (non-hydrogen) atoms. The Morgan fingerprint density at radius 2 is 1.84 bits per heavy atom. The number of rotatable bonds is 8. The van der Waals surface area contributed by atoms with Crippen molar-refractivity contribution in [3.05, 3.63) is 35.5 Å². The largest absolute Gasteiger partial charge is 0.465 e. The van der Waals surface area contributed by atoms with Gasteiger partial charge >= 0.3 is 5.97 Å². The molecule has 0 radical (unpaired) electrons. The number of nitrogens with zero attached hydrogens (tertiary/aromatic N) is 5. The summed E-state index contributed by atoms with van der Waals surface area (Å²) in [5.41, 5.74) is 0.620. The summed E-state index contributed by atoms with van der Waals surface area (Å²) in [6.07, 6.45) is 2.47. The average Bonchev–Trinajstić information content (AvgIpc) is 2.74. The van der Waals surface area contributed by atoms with Gasteiger partial charge in [-0.3, -0.25) is 9.69 Å². The van der Waals surface area contributed by atoms with Gasteiger partial charge in [-0.1, -0.05) is 0 Å². The predicted molar refractivity (Wildman–Crippen MR) is 116 cm³/mol. The highest BCUT2D eigenvalue weighted by Gasteiger charge is 2.24. The normalized spacial score (nSPS) is 14.8. The zero-order chi connectivity index (χ0) is 22.4. The monoisotopic (exact) mass is 448 g/mol. The number of aromatic nitrogens is 2. The molecule has 0 spiro atoms. The van der Waals surface area contributed by atoms with Crippen molar-refractivity contribution < 1.29 is 17.9 Å². The minimum absolute atomic E-state index is 0.0635. The lowest BCUT2D eigenvalue weighted by Crippen LogP contribution is -2.48. The highest BCUT2D eigenvalue weighted by molar-refractivity contribution is 7.90. The first kappa shape index (κ1) is 22.6. The Morgan fingerprint density at radius 1 is 1.16 bits per heavy atom. The number of hydrogen-bond acceptors (Lipinski definition) is 11. The van der Waals surface area contributed by atoms with Gasteiger partial charge in [0.1, 0.15) is 6.33 Å². The SMILES string of the molecule is CCOC(=O)CN1CCN(c2ncnc(Nc3ccc(S(C)(=O)=O)cc3)c2N=O)CC1. The van der Waals surface area contributed by atoms with Crippen molar-refractivity contribution in [1.29, 1.82) is 0 Å². The van der Waals surface area contributed by atoms with Gasteiger partial charge in [0, 0.05) is 38.1 Å². The maximum atomic E-state index is 11.7. The Kier molecular flexibility index (Phi) is 7.13. The number of hydrogen-bond donors (Lipinski definition) is 1. The second-order valence-electron chi connectivity index (χ2n) is 6.98. The Morgan fingerprint density at radius 3 is 2.42 bits per heavy atom. The van der Waals surface area contributed by atoms with Crippen LogP contribution in [0.2, 0.25) is 0 Å². The summed E-state index contributed by atoms with van der Waals surface area (Å²) in [5, 5.41) is 6.12. The highest BCUT2D eigenvalue weighted by atomic mass is 32.2. The molecule has 11 nitrogen and oxygen atoms in total. The van der Waals surface area contributed by atoms with Crippen LogP contribution in [0, 0.1) is 4.91 Å². The third-order valence-corrected chi connectivity index (χ3v) is 5.90. The van der Waals surface area contributed by atoms with Gasteiger partial charge in [-0.25, -0.2) is 18.4 Å². The number of nitroso groups, excluding NO2 is 1. The smallest absolute Gasteiger partial charge is 0.320 e. The summed E-state index contributed by atoms with van der Waals surface area (Å²) in [6, 6.07) is 6.11. The molecule has 2 aromatic rings. The van der Waals surface area contributed by atoms with Crippen LogP contribution in [0.15, 0.2) is 40.7 Å². The number of anilines is 3. The van der Waals surface area contributed by atoms with Crippen LogP contribution in [-0.2, 0) is 19.4 Å². The van der Waals surface area contributed by atoms with Crippen LogP contribution in [0.25, 0.3) is 0 Å². The number of ether oxygens (including phenoxy) is 1. The molecule has 0 aliphatic carbocycles. The Balaban J connectivity index is 1.72. The summed E-state index contributed by atoms with van der Waals surface area (Å²) in [6.45, 7) is 4.67. The molecule has 1 aliphatic heterocycles. The Bertz CT molecular complexity index is 1040. The molecule has 0 saturated carbocycles. The second kappa shape index (κ2) is 9.79. The van der Waals surface area contributed by atoms with E-state index in [9.17, 15) is 18.1 Å². The molecule has 0 bridgehead atoms. The molecule has 1 saturated heterocycles. The summed E-state index contributed by atoms with van der Waals surface area (Å²) >= 11 is 0. The van der Waals surface area contributed by atoms with E-state index in [0.29, 0.717) is 44.3 Å². The van der Waals surface area contributed by atoms with E-state index in [1.807, 2.05) is 9.80 Å². The number of sulfone groups is 1. The molecular weight excluding hydrogens is 424 g/mol. The van der Waals surface area contributed by atoms with Crippen molar-refractivity contribution in [2.45, 2.75) is 11.8 Å². The van der Waals surface area contributed by atoms with Crippen molar-refractivity contribution >= 4 is 38.8 Å². The molecule has 3 rings (SSSR count). The second-order valence-corrected chi connectivity index (χ2v) is 8.99. The molecule has 1 aromatic carbocycles. The zero-order valence-electron chi connectivity index (χ0n) is 17.3. The fourth-order valence-electron chi connectivity index (χ4n) is 3.21. The van der Waals surface area contributed by atoms with Gasteiger partial charge in [-0.2, -0.15) is 0 Å². The third kappa shape index (κ3) is 5.73. The van der Waals surface area contributed by atoms with Crippen molar-refractivity contribution in [1.82, 2.24) is 14.9 Å². The lowest BCUT2D eigenvalue weighted by molar-refractivity contribution is -0.144. The van der Waals surface area contributed by atoms with Crippen LogP contribution >= 0.6 is 0 Å². The van der Waals surface area contributed by atoms with Crippen LogP contribution in [-0.4, -0.2) is 74.8 Å². The number of carbonyl (C=O) groups is 1. The van der Waals surface area contributed by atoms with Gasteiger partial charge < -0.3 is 15.0 Å². The summed E-state index contributed by atoms with van der Waals surface area (Å²) in [7, 11) is -3.30. The Hall–Kier alpha value is -3.12. The zero-order valence-corrected chi connectivity index (χ0v) is 18.1. The van der Waals surface area contributed by atoms with Crippen LogP contribution in [0.5, 0.6) is 0 Å². The number of nitrogens with one attached hydrogen (secondary N) is 1. The van der Waals surface area contributed by atoms with Crippen LogP contribution in [0.1, 0.15) is 6.92 Å². The van der Waals surface area contributed by atoms with Gasteiger partial charge in [-0.15, -0.1) is 4.91 Å². The van der Waals surface area contributed by atoms with Crippen molar-refractivity contribution in [3.8, 4) is 0 Å². The number of esters is 1. The number of benzene rings is 1. The molecule has 166 valence electrons. The van der Waals surface area contributed by atoms with E-state index in [-0.39, 0.29) is 28.9 Å². The first-order valence-electron chi connectivity index (χ1n) is 9.70. The molecule has 1 fully saturated rings. The van der Waals surface area contributed by atoms with Crippen molar-refractivity contribution in [2.24, 2.45) is 5.18 Å². The van der Waals surface area contributed by atoms with Gasteiger partial charge in [0.05, 0.1) is 18.0 Å². The molecule has 0 atom stereocenters. The summed E-state index contributed by atoms with van der Waals surface area (Å²) in [4.78, 5) is 35.7. The fourth-order valence-corrected chi connectivity index (χ4v) is 3.84. The van der Waals surface area contributed by atoms with Crippen LogP contribution in [0.4, 0.5) is 23.0 Å². The molecule has 1 aliphatic rings. The molecule has 1 N–H and O–H groups in total. The van der Waals surface area contributed by atoms with E-state index in [1.165, 1.54) is 18.5 Å². The van der Waals surface area contributed by atoms with E-state index in [2.05, 4.69) is 20.5 Å². The maximum Gasteiger partial charge on any atom is 0.320 e. The van der Waals surface area contributed by atoms with E-state index >= 15 is 0 Å². The molecule has 0 unspecified atom stereocenters. The van der Waals surface area contributed by atoms with Crippen molar-refractivity contribution in [3.63, 3.8) is 0 Å². The predicted octanol–water partition coefficient (Wildman–Crippen LogP) is 1.71. The number of piperazine rings is 1. The van der Waals surface area contributed by atoms with E-state index < -0.39 is 9.84 Å². The van der Waals surface area contributed by atoms with Gasteiger partial charge in [0.2, 0.25) is 0 Å². The first-order valence-corrected chi connectivity index (χ1v) is 11.6. The van der Waals surface area contributed by atoms with Crippen molar-refractivity contribution in [2.75, 3.05) is 55.8 Å². The lowest BCUT2D eigenvalue weighted by Gasteiger charge is -2.35.